The third kappa shape index (κ3) is 4.12. The van der Waals surface area contributed by atoms with E-state index in [0.29, 0.717) is 24.7 Å². The van der Waals surface area contributed by atoms with Crippen molar-refractivity contribution in [2.75, 3.05) is 18.1 Å². The third-order valence-electron chi connectivity index (χ3n) is 2.82. The number of hydrogen-bond acceptors (Lipinski definition) is 3. The monoisotopic (exact) mass is 313 g/mol. The van der Waals surface area contributed by atoms with Crippen molar-refractivity contribution in [1.82, 2.24) is 5.32 Å². The van der Waals surface area contributed by atoms with Crippen LogP contribution in [0.5, 0.6) is 0 Å². The van der Waals surface area contributed by atoms with Gasteiger partial charge in [-0.05, 0) is 11.6 Å². The van der Waals surface area contributed by atoms with Crippen molar-refractivity contribution < 1.29 is 4.79 Å². The number of nitrogens with one attached hydrogen (secondary N) is 1. The van der Waals surface area contributed by atoms with Crippen LogP contribution in [0.15, 0.2) is 28.7 Å². The highest BCUT2D eigenvalue weighted by molar-refractivity contribution is 9.10. The summed E-state index contributed by atoms with van der Waals surface area (Å²) in [4.78, 5) is 12.0. The molecule has 0 amide bonds. The standard InChI is InChI=1S/C13H16BrNOS/c14-13-4-2-1-3-10(13)7-12(16)8-11-9-17-6-5-15-11/h1-4,11,15H,5-9H2. The zero-order valence-corrected chi connectivity index (χ0v) is 12.0. The predicted molar refractivity (Wildman–Crippen MR) is 76.6 cm³/mol. The average Bonchev–Trinajstić information content (AvgIpc) is 2.33. The van der Waals surface area contributed by atoms with E-state index in [0.717, 1.165) is 28.1 Å². The van der Waals surface area contributed by atoms with Crippen LogP contribution in [-0.2, 0) is 11.2 Å². The zero-order chi connectivity index (χ0) is 12.1. The van der Waals surface area contributed by atoms with Crippen molar-refractivity contribution in [3.8, 4) is 0 Å². The van der Waals surface area contributed by atoms with Crippen LogP contribution in [-0.4, -0.2) is 29.9 Å². The molecule has 4 heteroatoms. The number of rotatable bonds is 4. The Bertz CT molecular complexity index is 391. The maximum Gasteiger partial charge on any atom is 0.138 e. The lowest BCUT2D eigenvalue weighted by atomic mass is 10.0. The molecule has 1 saturated heterocycles. The quantitative estimate of drug-likeness (QED) is 0.926. The van der Waals surface area contributed by atoms with Gasteiger partial charge in [0, 0.05) is 41.4 Å². The van der Waals surface area contributed by atoms with Gasteiger partial charge in [0.1, 0.15) is 5.78 Å². The number of thioether (sulfide) groups is 1. The Morgan fingerprint density at radius 3 is 3.00 bits per heavy atom. The molecule has 0 aliphatic carbocycles. The second kappa shape index (κ2) is 6.57. The van der Waals surface area contributed by atoms with Gasteiger partial charge in [-0.25, -0.2) is 0 Å². The molecular weight excluding hydrogens is 298 g/mol. The van der Waals surface area contributed by atoms with Gasteiger partial charge in [-0.15, -0.1) is 0 Å². The number of halogens is 1. The van der Waals surface area contributed by atoms with Crippen LogP contribution in [0, 0.1) is 0 Å². The zero-order valence-electron chi connectivity index (χ0n) is 9.62. The lowest BCUT2D eigenvalue weighted by Crippen LogP contribution is -2.39. The molecule has 0 spiro atoms. The average molecular weight is 314 g/mol. The van der Waals surface area contributed by atoms with E-state index in [-0.39, 0.29) is 0 Å². The van der Waals surface area contributed by atoms with E-state index in [9.17, 15) is 4.79 Å². The first-order chi connectivity index (χ1) is 8.25. The highest BCUT2D eigenvalue weighted by atomic mass is 79.9. The van der Waals surface area contributed by atoms with Gasteiger partial charge in [0.2, 0.25) is 0 Å². The molecule has 17 heavy (non-hydrogen) atoms. The highest BCUT2D eigenvalue weighted by Crippen LogP contribution is 2.18. The Kier molecular flexibility index (Phi) is 5.07. The van der Waals surface area contributed by atoms with Gasteiger partial charge >= 0.3 is 0 Å². The Labute approximate surface area is 115 Å². The molecule has 1 N–H and O–H groups in total. The van der Waals surface area contributed by atoms with Crippen molar-refractivity contribution in [3.63, 3.8) is 0 Å². The number of Topliss-reactive ketones (excluding diaryl/α,β-unsaturated/α-hetero) is 1. The molecule has 2 nitrogen and oxygen atoms in total. The van der Waals surface area contributed by atoms with E-state index >= 15 is 0 Å². The van der Waals surface area contributed by atoms with Crippen LogP contribution in [0.1, 0.15) is 12.0 Å². The molecule has 1 aliphatic heterocycles. The van der Waals surface area contributed by atoms with Gasteiger partial charge in [0.15, 0.2) is 0 Å². The molecule has 1 aromatic carbocycles. The SMILES string of the molecule is O=C(Cc1ccccc1Br)CC1CSCCN1. The third-order valence-corrected chi connectivity index (χ3v) is 4.72. The van der Waals surface area contributed by atoms with Crippen LogP contribution in [0.3, 0.4) is 0 Å². The summed E-state index contributed by atoms with van der Waals surface area (Å²) in [5.41, 5.74) is 1.08. The molecule has 0 radical (unpaired) electrons. The molecule has 0 aromatic heterocycles. The fraction of sp³-hybridized carbons (Fsp3) is 0.462. The molecule has 1 aliphatic rings. The first-order valence-electron chi connectivity index (χ1n) is 5.82. The summed E-state index contributed by atoms with van der Waals surface area (Å²) in [6.45, 7) is 1.03. The molecule has 1 heterocycles. The van der Waals surface area contributed by atoms with Crippen LogP contribution >= 0.6 is 27.7 Å². The van der Waals surface area contributed by atoms with Crippen molar-refractivity contribution >= 4 is 33.5 Å². The molecule has 0 bridgehead atoms. The molecule has 0 saturated carbocycles. The molecule has 2 rings (SSSR count). The second-order valence-corrected chi connectivity index (χ2v) is 6.24. The minimum atomic E-state index is 0.317. The number of hydrogen-bond donors (Lipinski definition) is 1. The van der Waals surface area contributed by atoms with E-state index in [1.165, 1.54) is 0 Å². The summed E-state index contributed by atoms with van der Waals surface area (Å²) in [5, 5.41) is 3.40. The summed E-state index contributed by atoms with van der Waals surface area (Å²) in [7, 11) is 0. The largest absolute Gasteiger partial charge is 0.312 e. The minimum absolute atomic E-state index is 0.317. The van der Waals surface area contributed by atoms with E-state index in [4.69, 9.17) is 0 Å². The van der Waals surface area contributed by atoms with Gasteiger partial charge in [-0.3, -0.25) is 4.79 Å². The maximum absolute atomic E-state index is 12.0. The van der Waals surface area contributed by atoms with Crippen molar-refractivity contribution in [2.24, 2.45) is 0 Å². The lowest BCUT2D eigenvalue weighted by molar-refractivity contribution is -0.118. The minimum Gasteiger partial charge on any atom is -0.312 e. The summed E-state index contributed by atoms with van der Waals surface area (Å²) >= 11 is 5.41. The van der Waals surface area contributed by atoms with Crippen molar-refractivity contribution in [3.05, 3.63) is 34.3 Å². The molecular formula is C13H16BrNOS. The summed E-state index contributed by atoms with van der Waals surface area (Å²) < 4.78 is 1.03. The van der Waals surface area contributed by atoms with Gasteiger partial charge in [0.25, 0.3) is 0 Å². The first-order valence-corrected chi connectivity index (χ1v) is 7.76. The van der Waals surface area contributed by atoms with Crippen molar-refractivity contribution in [2.45, 2.75) is 18.9 Å². The molecule has 1 atom stereocenters. The van der Waals surface area contributed by atoms with E-state index in [1.807, 2.05) is 36.0 Å². The van der Waals surface area contributed by atoms with Crippen LogP contribution in [0.2, 0.25) is 0 Å². The summed E-state index contributed by atoms with van der Waals surface area (Å²) in [6, 6.07) is 8.30. The molecule has 1 aromatic rings. The molecule has 92 valence electrons. The van der Waals surface area contributed by atoms with Gasteiger partial charge < -0.3 is 5.32 Å². The highest BCUT2D eigenvalue weighted by Gasteiger charge is 2.17. The fourth-order valence-electron chi connectivity index (χ4n) is 1.95. The Hall–Kier alpha value is -0.320. The topological polar surface area (TPSA) is 29.1 Å². The second-order valence-electron chi connectivity index (χ2n) is 4.24. The smallest absolute Gasteiger partial charge is 0.138 e. The Morgan fingerprint density at radius 1 is 1.47 bits per heavy atom. The Balaban J connectivity index is 1.86. The number of carbonyl (C=O) groups excluding carboxylic acids is 1. The Morgan fingerprint density at radius 2 is 2.29 bits per heavy atom. The number of carbonyl (C=O) groups is 1. The van der Waals surface area contributed by atoms with Crippen LogP contribution in [0.4, 0.5) is 0 Å². The van der Waals surface area contributed by atoms with Gasteiger partial charge in [0.05, 0.1) is 0 Å². The van der Waals surface area contributed by atoms with Crippen molar-refractivity contribution in [1.29, 1.82) is 0 Å². The fourth-order valence-corrected chi connectivity index (χ4v) is 3.33. The van der Waals surface area contributed by atoms with E-state index in [1.54, 1.807) is 0 Å². The normalized spacial score (nSPS) is 20.2. The first kappa shape index (κ1) is 13.1. The molecule has 1 fully saturated rings. The van der Waals surface area contributed by atoms with E-state index < -0.39 is 0 Å². The summed E-state index contributed by atoms with van der Waals surface area (Å²) in [6.07, 6.45) is 1.18. The summed E-state index contributed by atoms with van der Waals surface area (Å²) in [5.74, 6) is 2.54. The molecule has 1 unspecified atom stereocenters. The van der Waals surface area contributed by atoms with Gasteiger partial charge in [-0.2, -0.15) is 11.8 Å². The number of ketones is 1. The van der Waals surface area contributed by atoms with Gasteiger partial charge in [-0.1, -0.05) is 34.1 Å². The van der Waals surface area contributed by atoms with E-state index in [2.05, 4.69) is 21.2 Å². The maximum atomic E-state index is 12.0. The van der Waals surface area contributed by atoms with Crippen LogP contribution in [0.25, 0.3) is 0 Å². The lowest BCUT2D eigenvalue weighted by Gasteiger charge is -2.22. The van der Waals surface area contributed by atoms with Crippen LogP contribution < -0.4 is 5.32 Å². The number of benzene rings is 1. The predicted octanol–water partition coefficient (Wildman–Crippen LogP) is 2.66.